The number of esters is 1. The highest BCUT2D eigenvalue weighted by atomic mass is 16.5. The first-order valence-corrected chi connectivity index (χ1v) is 14.2. The molecule has 0 bridgehead atoms. The number of methoxy groups -OCH3 is 1. The van der Waals surface area contributed by atoms with Gasteiger partial charge in [-0.2, -0.15) is 5.10 Å². The molecular formula is C37H28N2O4. The molecule has 210 valence electrons. The second-order valence-corrected chi connectivity index (χ2v) is 10.6. The summed E-state index contributed by atoms with van der Waals surface area (Å²) in [5.41, 5.74) is 3.12. The van der Waals surface area contributed by atoms with Gasteiger partial charge in [-0.25, -0.2) is 9.80 Å². The smallest absolute Gasteiger partial charge is 0.339 e. The van der Waals surface area contributed by atoms with Crippen molar-refractivity contribution >= 4 is 49.9 Å². The topological polar surface area (TPSA) is 68.2 Å². The molecular weight excluding hydrogens is 536 g/mol. The zero-order valence-corrected chi connectivity index (χ0v) is 23.6. The number of hydrazone groups is 1. The second kappa shape index (κ2) is 11.1. The third-order valence-corrected chi connectivity index (χ3v) is 8.05. The minimum atomic E-state index is -0.541. The van der Waals surface area contributed by atoms with Crippen LogP contribution in [0.3, 0.4) is 0 Å². The zero-order valence-electron chi connectivity index (χ0n) is 23.6. The van der Waals surface area contributed by atoms with Gasteiger partial charge in [-0.15, -0.1) is 0 Å². The predicted molar refractivity (Wildman–Crippen MR) is 169 cm³/mol. The summed E-state index contributed by atoms with van der Waals surface area (Å²) in [4.78, 5) is 27.3. The standard InChI is InChI=1S/C37H28N2O4/c1-42-30-18-16-25(17-19-30)34-22-33(29-15-14-24-8-2-3-9-26(24)20-29)38-39(34)35(40)23-43-37(41)36-31-12-6-4-10-27(31)21-28-11-5-7-13-32(28)36/h2-21,34H,22-23H2,1H3/t34-/m0/s1. The fourth-order valence-electron chi connectivity index (χ4n) is 5.87. The molecule has 0 radical (unpaired) electrons. The van der Waals surface area contributed by atoms with E-state index in [0.717, 1.165) is 54.9 Å². The van der Waals surface area contributed by atoms with Crippen LogP contribution in [-0.2, 0) is 9.53 Å². The number of carbonyl (C=O) groups excluding carboxylic acids is 2. The fraction of sp³-hybridized carbons (Fsp3) is 0.108. The highest BCUT2D eigenvalue weighted by molar-refractivity contribution is 6.16. The van der Waals surface area contributed by atoms with E-state index in [4.69, 9.17) is 14.6 Å². The van der Waals surface area contributed by atoms with Gasteiger partial charge in [0.1, 0.15) is 5.75 Å². The van der Waals surface area contributed by atoms with Gasteiger partial charge in [0.2, 0.25) is 0 Å². The lowest BCUT2D eigenvalue weighted by Gasteiger charge is -2.22. The largest absolute Gasteiger partial charge is 0.497 e. The minimum absolute atomic E-state index is 0.350. The van der Waals surface area contributed by atoms with E-state index >= 15 is 0 Å². The first-order valence-electron chi connectivity index (χ1n) is 14.2. The van der Waals surface area contributed by atoms with Crippen LogP contribution < -0.4 is 4.74 Å². The quantitative estimate of drug-likeness (QED) is 0.154. The van der Waals surface area contributed by atoms with Crippen molar-refractivity contribution in [2.75, 3.05) is 13.7 Å². The Labute approximate surface area is 248 Å². The molecule has 0 unspecified atom stereocenters. The summed E-state index contributed by atoms with van der Waals surface area (Å²) in [5, 5.41) is 11.9. The Morgan fingerprint density at radius 2 is 1.37 bits per heavy atom. The molecule has 0 fully saturated rings. The van der Waals surface area contributed by atoms with E-state index in [0.29, 0.717) is 12.0 Å². The van der Waals surface area contributed by atoms with E-state index in [1.54, 1.807) is 7.11 Å². The maximum absolute atomic E-state index is 13.7. The Morgan fingerprint density at radius 3 is 2.05 bits per heavy atom. The summed E-state index contributed by atoms with van der Waals surface area (Å²) in [6, 6.07) is 39.1. The average molecular weight is 565 g/mol. The molecule has 6 aromatic rings. The van der Waals surface area contributed by atoms with Gasteiger partial charge in [0.05, 0.1) is 24.4 Å². The predicted octanol–water partition coefficient (Wildman–Crippen LogP) is 7.69. The lowest BCUT2D eigenvalue weighted by molar-refractivity contribution is -0.136. The summed E-state index contributed by atoms with van der Waals surface area (Å²) in [7, 11) is 1.62. The van der Waals surface area contributed by atoms with Crippen LogP contribution in [0.5, 0.6) is 5.75 Å². The molecule has 0 aromatic heterocycles. The van der Waals surface area contributed by atoms with Gasteiger partial charge in [0.25, 0.3) is 5.91 Å². The minimum Gasteiger partial charge on any atom is -0.497 e. The van der Waals surface area contributed by atoms with Crippen LogP contribution >= 0.6 is 0 Å². The molecule has 1 atom stereocenters. The Kier molecular flexibility index (Phi) is 6.79. The van der Waals surface area contributed by atoms with Crippen molar-refractivity contribution in [3.8, 4) is 5.75 Å². The molecule has 0 N–H and O–H groups in total. The van der Waals surface area contributed by atoms with E-state index in [2.05, 4.69) is 30.3 Å². The van der Waals surface area contributed by atoms with Crippen molar-refractivity contribution in [2.24, 2.45) is 5.10 Å². The molecule has 1 aliphatic rings. The number of carbonyl (C=O) groups is 2. The number of hydrogen-bond donors (Lipinski definition) is 0. The summed E-state index contributed by atoms with van der Waals surface area (Å²) in [6.45, 7) is -0.433. The number of ether oxygens (including phenoxy) is 2. The maximum atomic E-state index is 13.7. The number of fused-ring (bicyclic) bond motifs is 3. The van der Waals surface area contributed by atoms with Crippen LogP contribution in [0, 0.1) is 0 Å². The van der Waals surface area contributed by atoms with Gasteiger partial charge in [-0.1, -0.05) is 97.1 Å². The van der Waals surface area contributed by atoms with Crippen molar-refractivity contribution < 1.29 is 19.1 Å². The third-order valence-electron chi connectivity index (χ3n) is 8.05. The molecule has 1 amide bonds. The number of benzene rings is 6. The van der Waals surface area contributed by atoms with Gasteiger partial charge in [0.15, 0.2) is 6.61 Å². The normalized spacial score (nSPS) is 14.7. The van der Waals surface area contributed by atoms with Crippen molar-refractivity contribution in [1.29, 1.82) is 0 Å². The van der Waals surface area contributed by atoms with Gasteiger partial charge < -0.3 is 9.47 Å². The highest BCUT2D eigenvalue weighted by Gasteiger charge is 2.34. The Morgan fingerprint density at radius 1 is 0.744 bits per heavy atom. The van der Waals surface area contributed by atoms with Crippen LogP contribution in [0.25, 0.3) is 32.3 Å². The van der Waals surface area contributed by atoms with Crippen molar-refractivity contribution in [1.82, 2.24) is 5.01 Å². The molecule has 1 heterocycles. The number of amides is 1. The maximum Gasteiger partial charge on any atom is 0.339 e. The average Bonchev–Trinajstić information content (AvgIpc) is 3.51. The summed E-state index contributed by atoms with van der Waals surface area (Å²) in [5.74, 6) is -0.207. The van der Waals surface area contributed by atoms with E-state index in [1.807, 2.05) is 91.0 Å². The van der Waals surface area contributed by atoms with Crippen LogP contribution in [0.4, 0.5) is 0 Å². The molecule has 0 aliphatic carbocycles. The molecule has 6 heteroatoms. The first kappa shape index (κ1) is 26.4. The van der Waals surface area contributed by atoms with Crippen molar-refractivity contribution in [2.45, 2.75) is 12.5 Å². The van der Waals surface area contributed by atoms with Crippen LogP contribution in [-0.4, -0.2) is 36.3 Å². The van der Waals surface area contributed by atoms with Crippen molar-refractivity contribution in [3.05, 3.63) is 138 Å². The van der Waals surface area contributed by atoms with Crippen LogP contribution in [0.2, 0.25) is 0 Å². The summed E-state index contributed by atoms with van der Waals surface area (Å²) >= 11 is 0. The van der Waals surface area contributed by atoms with E-state index in [-0.39, 0.29) is 6.04 Å². The lowest BCUT2D eigenvalue weighted by Crippen LogP contribution is -2.31. The fourth-order valence-corrected chi connectivity index (χ4v) is 5.87. The van der Waals surface area contributed by atoms with Crippen LogP contribution in [0.1, 0.15) is 33.9 Å². The molecule has 0 saturated carbocycles. The molecule has 6 aromatic carbocycles. The Bertz CT molecular complexity index is 1990. The van der Waals surface area contributed by atoms with Gasteiger partial charge in [-0.3, -0.25) is 4.79 Å². The Hall–Kier alpha value is -5.49. The van der Waals surface area contributed by atoms with Gasteiger partial charge in [0, 0.05) is 6.42 Å². The monoisotopic (exact) mass is 564 g/mol. The SMILES string of the molecule is COc1ccc([C@@H]2CC(c3ccc4ccccc4c3)=NN2C(=O)COC(=O)c2c3ccccc3cc3ccccc23)cc1. The van der Waals surface area contributed by atoms with E-state index in [1.165, 1.54) is 5.01 Å². The Balaban J connectivity index is 1.20. The van der Waals surface area contributed by atoms with Crippen molar-refractivity contribution in [3.63, 3.8) is 0 Å². The summed E-state index contributed by atoms with van der Waals surface area (Å²) < 4.78 is 11.1. The number of rotatable bonds is 6. The molecule has 43 heavy (non-hydrogen) atoms. The zero-order chi connectivity index (χ0) is 29.3. The van der Waals surface area contributed by atoms with Gasteiger partial charge >= 0.3 is 5.97 Å². The molecule has 1 aliphatic heterocycles. The van der Waals surface area contributed by atoms with Gasteiger partial charge in [-0.05, 0) is 67.7 Å². The van der Waals surface area contributed by atoms with Crippen LogP contribution in [0.15, 0.2) is 126 Å². The van der Waals surface area contributed by atoms with E-state index < -0.39 is 18.5 Å². The van der Waals surface area contributed by atoms with E-state index in [9.17, 15) is 9.59 Å². The first-order chi connectivity index (χ1) is 21.1. The molecule has 0 spiro atoms. The second-order valence-electron chi connectivity index (χ2n) is 10.6. The number of nitrogens with zero attached hydrogens (tertiary/aromatic N) is 2. The third kappa shape index (κ3) is 4.97. The summed E-state index contributed by atoms with van der Waals surface area (Å²) in [6.07, 6.45) is 0.526. The molecule has 7 rings (SSSR count). The molecule has 6 nitrogen and oxygen atoms in total. The molecule has 0 saturated heterocycles. The lowest BCUT2D eigenvalue weighted by atomic mass is 9.97. The number of hydrogen-bond acceptors (Lipinski definition) is 5. The highest BCUT2D eigenvalue weighted by Crippen LogP contribution is 2.35.